The van der Waals surface area contributed by atoms with Crippen LogP contribution in [-0.2, 0) is 6.42 Å². The first-order valence-electron chi connectivity index (χ1n) is 7.46. The summed E-state index contributed by atoms with van der Waals surface area (Å²) in [6.07, 6.45) is 4.30. The third-order valence-electron chi connectivity index (χ3n) is 3.53. The number of para-hydroxylation sites is 1. The molecule has 1 amide bonds. The van der Waals surface area contributed by atoms with Gasteiger partial charge in [-0.1, -0.05) is 34.1 Å². The number of hydrogen-bond acceptors (Lipinski definition) is 2. The van der Waals surface area contributed by atoms with Gasteiger partial charge in [-0.3, -0.25) is 4.79 Å². The molecular weight excluding hydrogens is 373 g/mol. The van der Waals surface area contributed by atoms with Crippen molar-refractivity contribution in [2.24, 2.45) is 0 Å². The Labute approximate surface area is 147 Å². The van der Waals surface area contributed by atoms with E-state index in [1.807, 2.05) is 36.5 Å². The van der Waals surface area contributed by atoms with Crippen molar-refractivity contribution in [3.63, 3.8) is 0 Å². The van der Waals surface area contributed by atoms with Crippen LogP contribution in [0.5, 0.6) is 0 Å². The largest absolute Gasteiger partial charge is 0.352 e. The molecule has 0 radical (unpaired) electrons. The topological polar surface area (TPSA) is 46.9 Å². The second-order valence-corrected chi connectivity index (χ2v) is 6.17. The Morgan fingerprint density at radius 2 is 2.00 bits per heavy atom. The average Bonchev–Trinajstić information content (AvgIpc) is 3.06. The maximum Gasteiger partial charge on any atom is 0.254 e. The highest BCUT2D eigenvalue weighted by molar-refractivity contribution is 9.10. The zero-order chi connectivity index (χ0) is 16.9. The van der Waals surface area contributed by atoms with Gasteiger partial charge < -0.3 is 5.32 Å². The Morgan fingerprint density at radius 3 is 2.79 bits per heavy atom. The van der Waals surface area contributed by atoms with Gasteiger partial charge in [-0.2, -0.15) is 5.10 Å². The quantitative estimate of drug-likeness (QED) is 0.724. The SMILES string of the molecule is O=C(NCCc1cnn(-c2ccccc2)c1)c1cc(Br)ccc1F. The third-order valence-corrected chi connectivity index (χ3v) is 4.02. The molecule has 0 saturated heterocycles. The molecule has 0 fully saturated rings. The molecule has 24 heavy (non-hydrogen) atoms. The molecule has 122 valence electrons. The van der Waals surface area contributed by atoms with Crippen LogP contribution in [0, 0.1) is 5.82 Å². The number of aromatic nitrogens is 2. The van der Waals surface area contributed by atoms with Crippen molar-refractivity contribution in [2.45, 2.75) is 6.42 Å². The predicted octanol–water partition coefficient (Wildman–Crippen LogP) is 3.75. The number of carbonyl (C=O) groups is 1. The highest BCUT2D eigenvalue weighted by atomic mass is 79.9. The molecule has 0 unspecified atom stereocenters. The van der Waals surface area contributed by atoms with Crippen LogP contribution in [0.3, 0.4) is 0 Å². The number of benzene rings is 2. The highest BCUT2D eigenvalue weighted by Crippen LogP contribution is 2.15. The summed E-state index contributed by atoms with van der Waals surface area (Å²) in [7, 11) is 0. The van der Waals surface area contributed by atoms with Crippen molar-refractivity contribution >= 4 is 21.8 Å². The number of rotatable bonds is 5. The summed E-state index contributed by atoms with van der Waals surface area (Å²) >= 11 is 3.24. The van der Waals surface area contributed by atoms with E-state index in [4.69, 9.17) is 0 Å². The normalized spacial score (nSPS) is 10.6. The van der Waals surface area contributed by atoms with E-state index in [1.54, 1.807) is 16.9 Å². The standard InChI is InChI=1S/C18H15BrFN3O/c19-14-6-7-17(20)16(10-14)18(24)21-9-8-13-11-22-23(12-13)15-4-2-1-3-5-15/h1-7,10-12H,8-9H2,(H,21,24). The van der Waals surface area contributed by atoms with Gasteiger partial charge in [-0.15, -0.1) is 0 Å². The Kier molecular flexibility index (Phi) is 5.05. The molecule has 1 aromatic heterocycles. The van der Waals surface area contributed by atoms with E-state index in [0.29, 0.717) is 17.4 Å². The minimum Gasteiger partial charge on any atom is -0.352 e. The van der Waals surface area contributed by atoms with Crippen LogP contribution in [0.15, 0.2) is 65.4 Å². The molecule has 0 aliphatic heterocycles. The van der Waals surface area contributed by atoms with Crippen LogP contribution in [0.1, 0.15) is 15.9 Å². The second-order valence-electron chi connectivity index (χ2n) is 5.26. The number of nitrogens with zero attached hydrogens (tertiary/aromatic N) is 2. The summed E-state index contributed by atoms with van der Waals surface area (Å²) in [6, 6.07) is 14.1. The van der Waals surface area contributed by atoms with Crippen molar-refractivity contribution in [3.8, 4) is 5.69 Å². The van der Waals surface area contributed by atoms with E-state index >= 15 is 0 Å². The summed E-state index contributed by atoms with van der Waals surface area (Å²) in [5.74, 6) is -0.961. The lowest BCUT2D eigenvalue weighted by atomic mass is 10.2. The van der Waals surface area contributed by atoms with Crippen LogP contribution >= 0.6 is 15.9 Å². The Bertz CT molecular complexity index is 848. The van der Waals surface area contributed by atoms with Crippen molar-refractivity contribution in [1.29, 1.82) is 0 Å². The predicted molar refractivity (Wildman–Crippen MR) is 93.7 cm³/mol. The molecule has 1 heterocycles. The maximum atomic E-state index is 13.7. The lowest BCUT2D eigenvalue weighted by Crippen LogP contribution is -2.26. The number of amides is 1. The first-order valence-corrected chi connectivity index (χ1v) is 8.25. The van der Waals surface area contributed by atoms with Gasteiger partial charge in [0.15, 0.2) is 0 Å². The van der Waals surface area contributed by atoms with Gasteiger partial charge in [0, 0.05) is 17.2 Å². The zero-order valence-corrected chi connectivity index (χ0v) is 14.3. The van der Waals surface area contributed by atoms with Crippen LogP contribution in [0.25, 0.3) is 5.69 Å². The Hall–Kier alpha value is -2.47. The molecule has 4 nitrogen and oxygen atoms in total. The van der Waals surface area contributed by atoms with E-state index in [0.717, 1.165) is 11.3 Å². The van der Waals surface area contributed by atoms with E-state index in [-0.39, 0.29) is 5.56 Å². The molecule has 0 aliphatic carbocycles. The first-order chi connectivity index (χ1) is 11.6. The fourth-order valence-corrected chi connectivity index (χ4v) is 2.66. The monoisotopic (exact) mass is 387 g/mol. The molecule has 0 atom stereocenters. The number of nitrogens with one attached hydrogen (secondary N) is 1. The van der Waals surface area contributed by atoms with Crippen LogP contribution < -0.4 is 5.32 Å². The molecule has 2 aromatic carbocycles. The van der Waals surface area contributed by atoms with Gasteiger partial charge in [0.1, 0.15) is 5.82 Å². The first kappa shape index (κ1) is 16.4. The molecular formula is C18H15BrFN3O. The minimum atomic E-state index is -0.535. The van der Waals surface area contributed by atoms with Crippen molar-refractivity contribution < 1.29 is 9.18 Å². The van der Waals surface area contributed by atoms with E-state index < -0.39 is 11.7 Å². The van der Waals surface area contributed by atoms with Gasteiger partial charge in [0.05, 0.1) is 17.4 Å². The van der Waals surface area contributed by atoms with E-state index in [1.165, 1.54) is 12.1 Å². The number of hydrogen-bond donors (Lipinski definition) is 1. The fourth-order valence-electron chi connectivity index (χ4n) is 2.30. The van der Waals surface area contributed by atoms with Gasteiger partial charge in [0.25, 0.3) is 5.91 Å². The molecule has 3 rings (SSSR count). The Morgan fingerprint density at radius 1 is 1.21 bits per heavy atom. The summed E-state index contributed by atoms with van der Waals surface area (Å²) in [6.45, 7) is 0.408. The molecule has 0 saturated carbocycles. The van der Waals surface area contributed by atoms with Gasteiger partial charge in [0.2, 0.25) is 0 Å². The smallest absolute Gasteiger partial charge is 0.254 e. The highest BCUT2D eigenvalue weighted by Gasteiger charge is 2.11. The van der Waals surface area contributed by atoms with Gasteiger partial charge >= 0.3 is 0 Å². The maximum absolute atomic E-state index is 13.7. The average molecular weight is 388 g/mol. The zero-order valence-electron chi connectivity index (χ0n) is 12.7. The molecule has 0 aliphatic rings. The summed E-state index contributed by atoms with van der Waals surface area (Å²) < 4.78 is 16.1. The molecule has 6 heteroatoms. The lowest BCUT2D eigenvalue weighted by Gasteiger charge is -2.06. The van der Waals surface area contributed by atoms with Gasteiger partial charge in [-0.25, -0.2) is 9.07 Å². The second kappa shape index (κ2) is 7.40. The van der Waals surface area contributed by atoms with Crippen LogP contribution in [-0.4, -0.2) is 22.2 Å². The third kappa shape index (κ3) is 3.89. The van der Waals surface area contributed by atoms with E-state index in [2.05, 4.69) is 26.3 Å². The van der Waals surface area contributed by atoms with Gasteiger partial charge in [-0.05, 0) is 42.3 Å². The Balaban J connectivity index is 1.58. The number of carbonyl (C=O) groups excluding carboxylic acids is 1. The van der Waals surface area contributed by atoms with E-state index in [9.17, 15) is 9.18 Å². The molecule has 0 bridgehead atoms. The van der Waals surface area contributed by atoms with Crippen LogP contribution in [0.2, 0.25) is 0 Å². The van der Waals surface area contributed by atoms with Crippen molar-refractivity contribution in [2.75, 3.05) is 6.54 Å². The summed E-state index contributed by atoms with van der Waals surface area (Å²) in [4.78, 5) is 12.0. The molecule has 3 aromatic rings. The fraction of sp³-hybridized carbons (Fsp3) is 0.111. The molecule has 1 N–H and O–H groups in total. The van der Waals surface area contributed by atoms with Crippen molar-refractivity contribution in [3.05, 3.63) is 82.3 Å². The number of halogens is 2. The summed E-state index contributed by atoms with van der Waals surface area (Å²) in [5.41, 5.74) is 2.00. The minimum absolute atomic E-state index is 0.0318. The van der Waals surface area contributed by atoms with Crippen molar-refractivity contribution in [1.82, 2.24) is 15.1 Å². The summed E-state index contributed by atoms with van der Waals surface area (Å²) in [5, 5.41) is 7.03. The lowest BCUT2D eigenvalue weighted by molar-refractivity contribution is 0.0950. The van der Waals surface area contributed by atoms with Crippen LogP contribution in [0.4, 0.5) is 4.39 Å². The molecule has 0 spiro atoms.